The smallest absolute Gasteiger partial charge is 0.115 e. The molecule has 17 heavy (non-hydrogen) atoms. The van der Waals surface area contributed by atoms with Crippen molar-refractivity contribution in [2.45, 2.75) is 33.6 Å². The molecule has 0 aliphatic rings. The van der Waals surface area contributed by atoms with E-state index in [1.807, 2.05) is 13.0 Å². The van der Waals surface area contributed by atoms with Gasteiger partial charge in [-0.3, -0.25) is 0 Å². The number of rotatable bonds is 6. The van der Waals surface area contributed by atoms with E-state index in [0.717, 1.165) is 30.6 Å². The Hall–Kier alpha value is -1.22. The molecule has 0 bridgehead atoms. The maximum absolute atomic E-state index is 9.49. The van der Waals surface area contributed by atoms with Gasteiger partial charge in [-0.2, -0.15) is 0 Å². The summed E-state index contributed by atoms with van der Waals surface area (Å²) in [5.41, 5.74) is 1.98. The molecule has 0 heterocycles. The fourth-order valence-electron chi connectivity index (χ4n) is 1.91. The van der Waals surface area contributed by atoms with Crippen LogP contribution in [0.25, 0.3) is 0 Å². The molecule has 0 aromatic heterocycles. The number of aliphatic hydroxyl groups is 1. The van der Waals surface area contributed by atoms with Gasteiger partial charge in [-0.25, -0.2) is 0 Å². The predicted molar refractivity (Wildman–Crippen MR) is 71.4 cm³/mol. The number of phenols is 1. The van der Waals surface area contributed by atoms with Crippen LogP contribution in [0.4, 0.5) is 5.69 Å². The number of benzene rings is 1. The van der Waals surface area contributed by atoms with Crippen LogP contribution in [0.15, 0.2) is 18.2 Å². The molecule has 0 aliphatic heterocycles. The van der Waals surface area contributed by atoms with E-state index in [0.29, 0.717) is 0 Å². The average Bonchev–Trinajstić information content (AvgIpc) is 2.33. The lowest BCUT2D eigenvalue weighted by molar-refractivity contribution is 0.127. The zero-order valence-electron chi connectivity index (χ0n) is 11.0. The highest BCUT2D eigenvalue weighted by Gasteiger charge is 2.24. The van der Waals surface area contributed by atoms with Crippen LogP contribution in [0.1, 0.15) is 32.3 Å². The van der Waals surface area contributed by atoms with Gasteiger partial charge < -0.3 is 15.5 Å². The summed E-state index contributed by atoms with van der Waals surface area (Å²) >= 11 is 0. The molecule has 0 spiro atoms. The van der Waals surface area contributed by atoms with Crippen LogP contribution in [0.2, 0.25) is 0 Å². The van der Waals surface area contributed by atoms with Crippen LogP contribution in [0.5, 0.6) is 5.75 Å². The van der Waals surface area contributed by atoms with Crippen molar-refractivity contribution in [1.29, 1.82) is 0 Å². The van der Waals surface area contributed by atoms with Crippen molar-refractivity contribution in [2.24, 2.45) is 5.41 Å². The van der Waals surface area contributed by atoms with Gasteiger partial charge in [0.25, 0.3) is 0 Å². The Morgan fingerprint density at radius 3 is 2.35 bits per heavy atom. The first-order valence-corrected chi connectivity index (χ1v) is 6.21. The van der Waals surface area contributed by atoms with E-state index in [1.165, 1.54) is 0 Å². The summed E-state index contributed by atoms with van der Waals surface area (Å²) in [6.45, 7) is 7.11. The highest BCUT2D eigenvalue weighted by atomic mass is 16.3. The van der Waals surface area contributed by atoms with Gasteiger partial charge in [0.15, 0.2) is 0 Å². The molecular weight excluding hydrogens is 214 g/mol. The number of phenolic OH excluding ortho intramolecular Hbond substituents is 1. The number of anilines is 1. The zero-order valence-corrected chi connectivity index (χ0v) is 11.0. The molecule has 0 aliphatic carbocycles. The topological polar surface area (TPSA) is 52.5 Å². The molecule has 0 saturated heterocycles. The third kappa shape index (κ3) is 3.37. The van der Waals surface area contributed by atoms with E-state index in [-0.39, 0.29) is 17.8 Å². The van der Waals surface area contributed by atoms with Crippen molar-refractivity contribution in [3.8, 4) is 5.75 Å². The van der Waals surface area contributed by atoms with E-state index >= 15 is 0 Å². The van der Waals surface area contributed by atoms with Crippen LogP contribution in [-0.4, -0.2) is 23.4 Å². The summed E-state index contributed by atoms with van der Waals surface area (Å²) in [4.78, 5) is 0. The van der Waals surface area contributed by atoms with Crippen molar-refractivity contribution in [3.05, 3.63) is 23.8 Å². The highest BCUT2D eigenvalue weighted by Crippen LogP contribution is 2.27. The average molecular weight is 237 g/mol. The Labute approximate surface area is 103 Å². The molecule has 3 heteroatoms. The first-order chi connectivity index (χ1) is 8.06. The Kier molecular flexibility index (Phi) is 4.82. The SMILES string of the molecule is CCC(CC)(CO)CNc1ccc(O)cc1C. The first kappa shape index (κ1) is 13.8. The van der Waals surface area contributed by atoms with Crippen molar-refractivity contribution in [2.75, 3.05) is 18.5 Å². The van der Waals surface area contributed by atoms with E-state index in [2.05, 4.69) is 19.2 Å². The number of hydrogen-bond acceptors (Lipinski definition) is 3. The Morgan fingerprint density at radius 1 is 1.24 bits per heavy atom. The van der Waals surface area contributed by atoms with Gasteiger partial charge in [0.1, 0.15) is 5.75 Å². The molecule has 3 nitrogen and oxygen atoms in total. The minimum atomic E-state index is -0.0513. The zero-order chi connectivity index (χ0) is 12.9. The van der Waals surface area contributed by atoms with Crippen LogP contribution in [-0.2, 0) is 0 Å². The predicted octanol–water partition coefficient (Wildman–Crippen LogP) is 2.91. The summed E-state index contributed by atoms with van der Waals surface area (Å²) < 4.78 is 0. The second-order valence-corrected chi connectivity index (χ2v) is 4.72. The lowest BCUT2D eigenvalue weighted by Gasteiger charge is -2.30. The van der Waals surface area contributed by atoms with Crippen molar-refractivity contribution < 1.29 is 10.2 Å². The normalized spacial score (nSPS) is 11.5. The Bertz CT molecular complexity index is 351. The third-order valence-corrected chi connectivity index (χ3v) is 3.70. The molecule has 0 amide bonds. The number of hydrogen-bond donors (Lipinski definition) is 3. The van der Waals surface area contributed by atoms with Crippen LogP contribution < -0.4 is 5.32 Å². The molecule has 0 saturated carbocycles. The lowest BCUT2D eigenvalue weighted by atomic mass is 9.83. The van der Waals surface area contributed by atoms with Crippen molar-refractivity contribution in [1.82, 2.24) is 0 Å². The number of aryl methyl sites for hydroxylation is 1. The van der Waals surface area contributed by atoms with Gasteiger partial charge >= 0.3 is 0 Å². The minimum absolute atomic E-state index is 0.0513. The van der Waals surface area contributed by atoms with E-state index in [9.17, 15) is 10.2 Å². The summed E-state index contributed by atoms with van der Waals surface area (Å²) in [6.07, 6.45) is 1.90. The van der Waals surface area contributed by atoms with Gasteiger partial charge in [0.05, 0.1) is 6.61 Å². The van der Waals surface area contributed by atoms with Crippen molar-refractivity contribution >= 4 is 5.69 Å². The largest absolute Gasteiger partial charge is 0.508 e. The molecule has 0 unspecified atom stereocenters. The summed E-state index contributed by atoms with van der Waals surface area (Å²) in [5.74, 6) is 0.285. The summed E-state index contributed by atoms with van der Waals surface area (Å²) in [7, 11) is 0. The van der Waals surface area contributed by atoms with Crippen LogP contribution in [0.3, 0.4) is 0 Å². The molecule has 1 aromatic carbocycles. The highest BCUT2D eigenvalue weighted by molar-refractivity contribution is 5.53. The standard InChI is InChI=1S/C14H23NO2/c1-4-14(5-2,10-16)9-15-13-7-6-12(17)8-11(13)3/h6-8,15-17H,4-5,9-10H2,1-3H3. The van der Waals surface area contributed by atoms with Crippen molar-refractivity contribution in [3.63, 3.8) is 0 Å². The molecule has 1 aromatic rings. The second-order valence-electron chi connectivity index (χ2n) is 4.72. The molecule has 1 rings (SSSR count). The molecule has 0 atom stereocenters. The van der Waals surface area contributed by atoms with Crippen LogP contribution in [0, 0.1) is 12.3 Å². The monoisotopic (exact) mass is 237 g/mol. The molecular formula is C14H23NO2. The first-order valence-electron chi connectivity index (χ1n) is 6.21. The lowest BCUT2D eigenvalue weighted by Crippen LogP contribution is -2.32. The van der Waals surface area contributed by atoms with Gasteiger partial charge in [0.2, 0.25) is 0 Å². The molecule has 3 N–H and O–H groups in total. The quantitative estimate of drug-likeness (QED) is 0.667. The second kappa shape index (κ2) is 5.92. The van der Waals surface area contributed by atoms with E-state index in [4.69, 9.17) is 0 Å². The Morgan fingerprint density at radius 2 is 1.88 bits per heavy atom. The van der Waals surface area contributed by atoms with Crippen LogP contribution >= 0.6 is 0 Å². The maximum Gasteiger partial charge on any atom is 0.115 e. The van der Waals surface area contributed by atoms with Gasteiger partial charge in [-0.1, -0.05) is 13.8 Å². The van der Waals surface area contributed by atoms with Gasteiger partial charge in [-0.15, -0.1) is 0 Å². The van der Waals surface area contributed by atoms with Gasteiger partial charge in [0, 0.05) is 17.6 Å². The van der Waals surface area contributed by atoms with Gasteiger partial charge in [-0.05, 0) is 43.5 Å². The van der Waals surface area contributed by atoms with E-state index in [1.54, 1.807) is 12.1 Å². The number of aliphatic hydroxyl groups excluding tert-OH is 1. The fourth-order valence-corrected chi connectivity index (χ4v) is 1.91. The third-order valence-electron chi connectivity index (χ3n) is 3.70. The summed E-state index contributed by atoms with van der Waals surface area (Å²) in [6, 6.07) is 5.28. The molecule has 96 valence electrons. The summed E-state index contributed by atoms with van der Waals surface area (Å²) in [5, 5.41) is 22.2. The molecule has 0 fully saturated rings. The Balaban J connectivity index is 2.72. The number of aromatic hydroxyl groups is 1. The maximum atomic E-state index is 9.49. The minimum Gasteiger partial charge on any atom is -0.508 e. The number of nitrogens with one attached hydrogen (secondary N) is 1. The fraction of sp³-hybridized carbons (Fsp3) is 0.571. The van der Waals surface area contributed by atoms with E-state index < -0.39 is 0 Å². The molecule has 0 radical (unpaired) electrons.